The molecule has 2 aliphatic rings. The molecule has 250 valence electrons. The number of aromatic amines is 2. The molecule has 0 spiro atoms. The van der Waals surface area contributed by atoms with Crippen molar-refractivity contribution in [2.45, 2.75) is 13.8 Å². The molecule has 0 unspecified atom stereocenters. The van der Waals surface area contributed by atoms with E-state index in [1.54, 1.807) is 6.92 Å². The Bertz CT molecular complexity index is 2720. The Morgan fingerprint density at radius 2 is 0.769 bits per heavy atom. The second kappa shape index (κ2) is 12.4. The van der Waals surface area contributed by atoms with Gasteiger partial charge in [-0.05, 0) is 96.3 Å². The molecule has 0 amide bonds. The van der Waals surface area contributed by atoms with Gasteiger partial charge < -0.3 is 20.2 Å². The van der Waals surface area contributed by atoms with Gasteiger partial charge in [-0.1, -0.05) is 91.0 Å². The van der Waals surface area contributed by atoms with Crippen LogP contribution < -0.4 is 0 Å². The van der Waals surface area contributed by atoms with E-state index in [4.69, 9.17) is 9.97 Å². The first-order chi connectivity index (χ1) is 25.4. The van der Waals surface area contributed by atoms with Crippen LogP contribution in [0.2, 0.25) is 0 Å². The number of fused-ring (bicyclic) bond motifs is 8. The normalized spacial score (nSPS) is 12.0. The quantitative estimate of drug-likeness (QED) is 0.140. The van der Waals surface area contributed by atoms with Gasteiger partial charge in [0.1, 0.15) is 0 Å². The number of phenols is 2. The first kappa shape index (κ1) is 31.1. The minimum Gasteiger partial charge on any atom is -0.504 e. The average molecular weight is 675 g/mol. The molecule has 0 radical (unpaired) electrons. The molecule has 4 N–H and O–H groups in total. The van der Waals surface area contributed by atoms with Gasteiger partial charge in [-0.3, -0.25) is 0 Å². The highest BCUT2D eigenvalue weighted by Gasteiger charge is 2.21. The van der Waals surface area contributed by atoms with Crippen molar-refractivity contribution in [1.82, 2.24) is 19.9 Å². The van der Waals surface area contributed by atoms with E-state index < -0.39 is 0 Å². The van der Waals surface area contributed by atoms with Gasteiger partial charge in [0.05, 0.1) is 22.8 Å². The summed E-state index contributed by atoms with van der Waals surface area (Å²) in [4.78, 5) is 18.2. The van der Waals surface area contributed by atoms with Gasteiger partial charge in [-0.25, -0.2) is 9.97 Å². The van der Waals surface area contributed by atoms with E-state index >= 15 is 0 Å². The first-order valence-electron chi connectivity index (χ1n) is 17.3. The van der Waals surface area contributed by atoms with Gasteiger partial charge >= 0.3 is 0 Å². The van der Waals surface area contributed by atoms with E-state index in [-0.39, 0.29) is 11.5 Å². The van der Waals surface area contributed by atoms with Gasteiger partial charge in [0, 0.05) is 49.9 Å². The minimum absolute atomic E-state index is 0.120. The SMILES string of the molecule is Cc1cc(-c2c3nc(c(-c4ccccc4)c4ccc([nH]4)c(-c4ccccc4)c4nc(c(-c5ccccc5)c5ccc2[nH]5)C=C4)C=C3)c(C)c(O)c1O. The smallest absolute Gasteiger partial charge is 0.161 e. The fraction of sp³-hybridized carbons (Fsp3) is 0.0435. The van der Waals surface area contributed by atoms with Crippen LogP contribution in [0.25, 0.3) is 90.9 Å². The summed E-state index contributed by atoms with van der Waals surface area (Å²) in [5.74, 6) is -0.260. The maximum Gasteiger partial charge on any atom is 0.161 e. The number of rotatable bonds is 4. The van der Waals surface area contributed by atoms with Crippen molar-refractivity contribution in [2.75, 3.05) is 0 Å². The Labute approximate surface area is 300 Å². The topological polar surface area (TPSA) is 97.8 Å². The zero-order valence-corrected chi connectivity index (χ0v) is 28.6. The highest BCUT2D eigenvalue weighted by molar-refractivity contribution is 6.00. The summed E-state index contributed by atoms with van der Waals surface area (Å²) in [5.41, 5.74) is 15.5. The lowest BCUT2D eigenvalue weighted by atomic mass is 9.95. The monoisotopic (exact) mass is 674 g/mol. The van der Waals surface area contributed by atoms with E-state index in [1.807, 2.05) is 61.5 Å². The third-order valence-electron chi connectivity index (χ3n) is 9.93. The van der Waals surface area contributed by atoms with Gasteiger partial charge in [-0.15, -0.1) is 0 Å². The number of H-pyrrole nitrogens is 2. The molecule has 52 heavy (non-hydrogen) atoms. The zero-order valence-electron chi connectivity index (χ0n) is 28.6. The number of nitrogens with one attached hydrogen (secondary N) is 2. The van der Waals surface area contributed by atoms with Crippen molar-refractivity contribution in [2.24, 2.45) is 0 Å². The Morgan fingerprint density at radius 1 is 0.423 bits per heavy atom. The summed E-state index contributed by atoms with van der Waals surface area (Å²) in [6.07, 6.45) is 8.27. The molecule has 6 nitrogen and oxygen atoms in total. The van der Waals surface area contributed by atoms with Gasteiger partial charge in [0.25, 0.3) is 0 Å². The van der Waals surface area contributed by atoms with E-state index in [0.717, 1.165) is 89.4 Å². The largest absolute Gasteiger partial charge is 0.504 e. The molecule has 0 saturated carbocycles. The fourth-order valence-corrected chi connectivity index (χ4v) is 7.36. The van der Waals surface area contributed by atoms with Gasteiger partial charge in [0.2, 0.25) is 0 Å². The Hall–Kier alpha value is -6.92. The third kappa shape index (κ3) is 5.20. The summed E-state index contributed by atoms with van der Waals surface area (Å²) < 4.78 is 0. The van der Waals surface area contributed by atoms with Crippen LogP contribution in [-0.2, 0) is 0 Å². The highest BCUT2D eigenvalue weighted by Crippen LogP contribution is 2.43. The summed E-state index contributed by atoms with van der Waals surface area (Å²) in [5, 5.41) is 21.7. The fourth-order valence-electron chi connectivity index (χ4n) is 7.36. The van der Waals surface area contributed by atoms with Crippen molar-refractivity contribution in [3.63, 3.8) is 0 Å². The van der Waals surface area contributed by atoms with Crippen LogP contribution in [0.1, 0.15) is 33.9 Å². The van der Waals surface area contributed by atoms with Crippen molar-refractivity contribution in [3.8, 4) is 56.0 Å². The molecule has 0 aliphatic carbocycles. The molecule has 4 aromatic carbocycles. The number of aromatic hydroxyl groups is 2. The molecule has 0 fully saturated rings. The Kier molecular flexibility index (Phi) is 7.44. The molecule has 6 heteroatoms. The van der Waals surface area contributed by atoms with Gasteiger partial charge in [0.15, 0.2) is 11.5 Å². The molecule has 8 bridgehead atoms. The van der Waals surface area contributed by atoms with Crippen LogP contribution in [0.5, 0.6) is 11.5 Å². The molecule has 0 atom stereocenters. The third-order valence-corrected chi connectivity index (χ3v) is 9.93. The van der Waals surface area contributed by atoms with E-state index in [0.29, 0.717) is 11.1 Å². The van der Waals surface area contributed by atoms with Crippen LogP contribution >= 0.6 is 0 Å². The number of benzene rings is 4. The molecule has 5 heterocycles. The second-order valence-electron chi connectivity index (χ2n) is 13.2. The summed E-state index contributed by atoms with van der Waals surface area (Å²) in [7, 11) is 0. The molecular weight excluding hydrogens is 641 g/mol. The van der Waals surface area contributed by atoms with Crippen LogP contribution in [0.4, 0.5) is 0 Å². The van der Waals surface area contributed by atoms with Gasteiger partial charge in [-0.2, -0.15) is 0 Å². The molecule has 2 aliphatic heterocycles. The summed E-state index contributed by atoms with van der Waals surface area (Å²) in [6.45, 7) is 3.62. The van der Waals surface area contributed by atoms with E-state index in [9.17, 15) is 10.2 Å². The van der Waals surface area contributed by atoms with Crippen LogP contribution in [-0.4, -0.2) is 30.1 Å². The first-order valence-corrected chi connectivity index (χ1v) is 17.3. The molecular formula is C46H34N4O2. The van der Waals surface area contributed by atoms with Crippen molar-refractivity contribution < 1.29 is 10.2 Å². The number of hydrogen-bond acceptors (Lipinski definition) is 4. The number of hydrogen-bond donors (Lipinski definition) is 4. The maximum absolute atomic E-state index is 11.1. The van der Waals surface area contributed by atoms with Crippen molar-refractivity contribution in [3.05, 3.63) is 155 Å². The average Bonchev–Trinajstić information content (AvgIpc) is 4.02. The Balaban J connectivity index is 1.50. The lowest BCUT2D eigenvalue weighted by molar-refractivity contribution is 0.399. The standard InChI is InChI=1S/C46H34N4O2/c1-27-26-32(28(2)46(52)45(27)51)44-39-24-22-37(49-39)42(30-14-8-4-9-15-30)35-20-18-33(47-35)41(29-12-6-3-7-13-29)34-19-21-36(48-34)43(31-16-10-5-11-17-31)38-23-25-40(44)50-38/h3-26,47,50-52H,1-2H3. The number of aryl methyl sites for hydroxylation is 1. The molecule has 7 aromatic rings. The number of phenolic OH excluding ortho intramolecular Hbond substituents is 2. The summed E-state index contributed by atoms with van der Waals surface area (Å²) in [6, 6.07) is 41.3. The lowest BCUT2D eigenvalue weighted by Crippen LogP contribution is -1.92. The predicted molar refractivity (Wildman–Crippen MR) is 213 cm³/mol. The number of nitrogens with zero attached hydrogens (tertiary/aromatic N) is 2. The summed E-state index contributed by atoms with van der Waals surface area (Å²) >= 11 is 0. The maximum atomic E-state index is 11.1. The van der Waals surface area contributed by atoms with Crippen molar-refractivity contribution >= 4 is 46.4 Å². The number of aromatic nitrogens is 4. The predicted octanol–water partition coefficient (Wildman–Crippen LogP) is 11.4. The van der Waals surface area contributed by atoms with Crippen LogP contribution in [0.3, 0.4) is 0 Å². The molecule has 0 saturated heterocycles. The molecule has 3 aromatic heterocycles. The van der Waals surface area contributed by atoms with E-state index in [1.165, 1.54) is 0 Å². The second-order valence-corrected chi connectivity index (χ2v) is 13.2. The van der Waals surface area contributed by atoms with Crippen LogP contribution in [0, 0.1) is 13.8 Å². The van der Waals surface area contributed by atoms with Crippen LogP contribution in [0.15, 0.2) is 121 Å². The molecule has 9 rings (SSSR count). The zero-order chi connectivity index (χ0) is 35.3. The van der Waals surface area contributed by atoms with E-state index in [2.05, 4.69) is 101 Å². The minimum atomic E-state index is -0.140. The Morgan fingerprint density at radius 3 is 1.15 bits per heavy atom. The lowest BCUT2D eigenvalue weighted by Gasteiger charge is -2.13. The van der Waals surface area contributed by atoms with Crippen molar-refractivity contribution in [1.29, 1.82) is 0 Å². The highest BCUT2D eigenvalue weighted by atomic mass is 16.3.